The van der Waals surface area contributed by atoms with Crippen LogP contribution >= 0.6 is 23.2 Å². The molecule has 0 aliphatic rings. The Kier molecular flexibility index (Phi) is 2.58. The topological polar surface area (TPSA) is 54.5 Å². The maximum atomic E-state index is 8.78. The number of aromatic nitrogens is 3. The van der Waals surface area contributed by atoms with Gasteiger partial charge in [0, 0.05) is 6.20 Å². The molecule has 0 saturated carbocycles. The van der Waals surface area contributed by atoms with Gasteiger partial charge in [-0.15, -0.1) is 0 Å². The molecule has 4 nitrogen and oxygen atoms in total. The monoisotopic (exact) mass is 238 g/mol. The molecule has 0 amide bonds. The minimum Gasteiger partial charge on any atom is -0.236 e. The van der Waals surface area contributed by atoms with E-state index in [4.69, 9.17) is 28.5 Å². The molecule has 0 spiro atoms. The van der Waals surface area contributed by atoms with E-state index in [2.05, 4.69) is 10.1 Å². The fraction of sp³-hybridized carbons (Fsp3) is 0. The van der Waals surface area contributed by atoms with Gasteiger partial charge >= 0.3 is 0 Å². The van der Waals surface area contributed by atoms with Crippen molar-refractivity contribution in [1.29, 1.82) is 5.26 Å². The molecule has 0 bridgehead atoms. The largest absolute Gasteiger partial charge is 0.236 e. The van der Waals surface area contributed by atoms with Crippen LogP contribution in [0.15, 0.2) is 24.7 Å². The smallest absolute Gasteiger partial charge is 0.173 e. The summed E-state index contributed by atoms with van der Waals surface area (Å²) in [6.45, 7) is 0. The van der Waals surface area contributed by atoms with Crippen molar-refractivity contribution in [2.24, 2.45) is 0 Å². The van der Waals surface area contributed by atoms with E-state index in [9.17, 15) is 0 Å². The molecule has 2 rings (SSSR count). The van der Waals surface area contributed by atoms with Gasteiger partial charge in [-0.2, -0.15) is 10.4 Å². The molecule has 2 aromatic rings. The van der Waals surface area contributed by atoms with E-state index in [1.165, 1.54) is 23.1 Å². The Morgan fingerprint density at radius 1 is 1.40 bits per heavy atom. The number of hydrogen-bond donors (Lipinski definition) is 0. The second-order valence-electron chi connectivity index (χ2n) is 2.71. The van der Waals surface area contributed by atoms with Gasteiger partial charge in [0.1, 0.15) is 11.1 Å². The zero-order valence-electron chi connectivity index (χ0n) is 7.35. The Hall–Kier alpha value is -1.57. The van der Waals surface area contributed by atoms with Gasteiger partial charge in [-0.25, -0.2) is 9.67 Å². The second kappa shape index (κ2) is 3.89. The average molecular weight is 239 g/mol. The molecule has 0 saturated heterocycles. The van der Waals surface area contributed by atoms with Gasteiger partial charge in [-0.05, 0) is 6.07 Å². The van der Waals surface area contributed by atoms with Crippen LogP contribution in [-0.2, 0) is 0 Å². The summed E-state index contributed by atoms with van der Waals surface area (Å²) in [6, 6.07) is 3.50. The van der Waals surface area contributed by atoms with E-state index in [-0.39, 0.29) is 5.02 Å². The zero-order chi connectivity index (χ0) is 10.8. The Morgan fingerprint density at radius 3 is 2.80 bits per heavy atom. The predicted octanol–water partition coefficient (Wildman–Crippen LogP) is 2.45. The normalized spacial score (nSPS) is 9.93. The van der Waals surface area contributed by atoms with Crippen LogP contribution in [0.3, 0.4) is 0 Å². The first-order valence-corrected chi connectivity index (χ1v) is 4.73. The van der Waals surface area contributed by atoms with Gasteiger partial charge in [0.15, 0.2) is 5.82 Å². The molecule has 0 aliphatic carbocycles. The van der Waals surface area contributed by atoms with Gasteiger partial charge < -0.3 is 0 Å². The molecule has 0 fully saturated rings. The zero-order valence-corrected chi connectivity index (χ0v) is 8.87. The van der Waals surface area contributed by atoms with Crippen molar-refractivity contribution in [3.63, 3.8) is 0 Å². The fourth-order valence-corrected chi connectivity index (χ4v) is 1.47. The molecule has 2 aromatic heterocycles. The van der Waals surface area contributed by atoms with Crippen LogP contribution in [0.25, 0.3) is 5.82 Å². The van der Waals surface area contributed by atoms with E-state index < -0.39 is 0 Å². The summed E-state index contributed by atoms with van der Waals surface area (Å²) in [7, 11) is 0. The summed E-state index contributed by atoms with van der Waals surface area (Å²) < 4.78 is 1.42. The van der Waals surface area contributed by atoms with E-state index in [1.54, 1.807) is 6.20 Å². The summed E-state index contributed by atoms with van der Waals surface area (Å²) in [4.78, 5) is 4.03. The molecular weight excluding hydrogens is 235 g/mol. The summed E-state index contributed by atoms with van der Waals surface area (Å²) >= 11 is 11.7. The van der Waals surface area contributed by atoms with E-state index >= 15 is 0 Å². The molecule has 2 heterocycles. The lowest BCUT2D eigenvalue weighted by atomic mass is 10.3. The first-order valence-electron chi connectivity index (χ1n) is 3.97. The molecule has 0 aromatic carbocycles. The van der Waals surface area contributed by atoms with Crippen molar-refractivity contribution in [1.82, 2.24) is 14.8 Å². The van der Waals surface area contributed by atoms with Crippen LogP contribution in [0.2, 0.25) is 10.0 Å². The lowest BCUT2D eigenvalue weighted by Crippen LogP contribution is -1.99. The third kappa shape index (κ3) is 1.80. The standard InChI is InChI=1S/C9H4Cl2N4/c10-7-4-14-15(5-7)9-8(11)6(3-12)1-2-13-9/h1-2,4-5H. The first kappa shape index (κ1) is 9.97. The summed E-state index contributed by atoms with van der Waals surface area (Å²) in [5, 5.41) is 13.5. The molecule has 6 heteroatoms. The van der Waals surface area contributed by atoms with Crippen LogP contribution in [0.1, 0.15) is 5.56 Å². The van der Waals surface area contributed by atoms with Crippen molar-refractivity contribution in [2.45, 2.75) is 0 Å². The lowest BCUT2D eigenvalue weighted by molar-refractivity contribution is 0.846. The van der Waals surface area contributed by atoms with Gasteiger partial charge in [-0.1, -0.05) is 23.2 Å². The van der Waals surface area contributed by atoms with E-state index in [0.717, 1.165) is 0 Å². The Bertz CT molecular complexity index is 541. The first-order chi connectivity index (χ1) is 7.22. The predicted molar refractivity (Wildman–Crippen MR) is 56.1 cm³/mol. The maximum absolute atomic E-state index is 8.78. The van der Waals surface area contributed by atoms with Gasteiger partial charge in [-0.3, -0.25) is 0 Å². The van der Waals surface area contributed by atoms with E-state index in [0.29, 0.717) is 16.4 Å². The summed E-state index contributed by atoms with van der Waals surface area (Å²) in [5.41, 5.74) is 0.355. The molecule has 0 aliphatic heterocycles. The number of nitriles is 1. The minimum atomic E-state index is 0.264. The lowest BCUT2D eigenvalue weighted by Gasteiger charge is -2.02. The molecule has 0 radical (unpaired) electrons. The van der Waals surface area contributed by atoms with Gasteiger partial charge in [0.25, 0.3) is 0 Å². The van der Waals surface area contributed by atoms with Crippen molar-refractivity contribution in [2.75, 3.05) is 0 Å². The molecular formula is C9H4Cl2N4. The second-order valence-corrected chi connectivity index (χ2v) is 3.53. The highest BCUT2D eigenvalue weighted by Gasteiger charge is 2.09. The number of halogens is 2. The van der Waals surface area contributed by atoms with E-state index in [1.807, 2.05) is 6.07 Å². The Labute approximate surface area is 95.7 Å². The highest BCUT2D eigenvalue weighted by molar-refractivity contribution is 6.33. The van der Waals surface area contributed by atoms with Crippen LogP contribution in [0, 0.1) is 11.3 Å². The fourth-order valence-electron chi connectivity index (χ4n) is 1.10. The highest BCUT2D eigenvalue weighted by atomic mass is 35.5. The SMILES string of the molecule is N#Cc1ccnc(-n2cc(Cl)cn2)c1Cl. The minimum absolute atomic E-state index is 0.264. The molecule has 0 unspecified atom stereocenters. The van der Waals surface area contributed by atoms with Crippen LogP contribution in [0.4, 0.5) is 0 Å². The number of nitrogens with zero attached hydrogens (tertiary/aromatic N) is 4. The summed E-state index contributed by atoms with van der Waals surface area (Å²) in [6.07, 6.45) is 4.53. The van der Waals surface area contributed by atoms with Crippen molar-refractivity contribution >= 4 is 23.2 Å². The van der Waals surface area contributed by atoms with Crippen LogP contribution in [-0.4, -0.2) is 14.8 Å². The Morgan fingerprint density at radius 2 is 2.20 bits per heavy atom. The number of pyridine rings is 1. The quantitative estimate of drug-likeness (QED) is 0.767. The molecule has 74 valence electrons. The molecule has 0 N–H and O–H groups in total. The number of hydrogen-bond acceptors (Lipinski definition) is 3. The highest BCUT2D eigenvalue weighted by Crippen LogP contribution is 2.22. The maximum Gasteiger partial charge on any atom is 0.173 e. The van der Waals surface area contributed by atoms with Crippen molar-refractivity contribution in [3.8, 4) is 11.9 Å². The number of rotatable bonds is 1. The third-order valence-corrected chi connectivity index (χ3v) is 2.33. The van der Waals surface area contributed by atoms with Crippen molar-refractivity contribution < 1.29 is 0 Å². The average Bonchev–Trinajstić information content (AvgIpc) is 2.65. The van der Waals surface area contributed by atoms with Crippen LogP contribution in [0.5, 0.6) is 0 Å². The summed E-state index contributed by atoms with van der Waals surface area (Å²) in [5.74, 6) is 0.391. The van der Waals surface area contributed by atoms with Crippen molar-refractivity contribution in [3.05, 3.63) is 40.3 Å². The van der Waals surface area contributed by atoms with Gasteiger partial charge in [0.05, 0.1) is 23.0 Å². The van der Waals surface area contributed by atoms with Crippen LogP contribution < -0.4 is 0 Å². The molecule has 15 heavy (non-hydrogen) atoms. The third-order valence-electron chi connectivity index (χ3n) is 1.76. The Balaban J connectivity index is 2.59. The molecule has 0 atom stereocenters. The van der Waals surface area contributed by atoms with Gasteiger partial charge in [0.2, 0.25) is 0 Å².